The van der Waals surface area contributed by atoms with Crippen LogP contribution < -0.4 is 5.32 Å². The highest BCUT2D eigenvalue weighted by Gasteiger charge is 2.36. The van der Waals surface area contributed by atoms with Gasteiger partial charge in [-0.1, -0.05) is 12.8 Å². The first-order valence-electron chi connectivity index (χ1n) is 7.86. The Morgan fingerprint density at radius 3 is 2.59 bits per heavy atom. The van der Waals surface area contributed by atoms with E-state index >= 15 is 0 Å². The average Bonchev–Trinajstić information content (AvgIpc) is 3.06. The van der Waals surface area contributed by atoms with Gasteiger partial charge in [0.2, 0.25) is 5.91 Å². The first-order chi connectivity index (χ1) is 10.5. The third-order valence-corrected chi connectivity index (χ3v) is 4.47. The standard InChI is InChI=1S/C15H23N5O2/c1-18(2)15(22)19-8-11(9-19)14(21)17-12-7-16-20(10-12)13-5-3-4-6-13/h7,10-11,13H,3-6,8-9H2,1-2H3,(H,17,21). The minimum Gasteiger partial charge on any atom is -0.331 e. The van der Waals surface area contributed by atoms with E-state index in [9.17, 15) is 9.59 Å². The summed E-state index contributed by atoms with van der Waals surface area (Å²) in [6, 6.07) is 0.431. The van der Waals surface area contributed by atoms with Crippen LogP contribution in [0.25, 0.3) is 0 Å². The van der Waals surface area contributed by atoms with E-state index in [2.05, 4.69) is 10.4 Å². The van der Waals surface area contributed by atoms with Gasteiger partial charge in [0, 0.05) is 33.4 Å². The molecule has 0 atom stereocenters. The number of hydrogen-bond donors (Lipinski definition) is 1. The molecule has 22 heavy (non-hydrogen) atoms. The van der Waals surface area contributed by atoms with Crippen molar-refractivity contribution >= 4 is 17.6 Å². The van der Waals surface area contributed by atoms with E-state index in [-0.39, 0.29) is 17.9 Å². The van der Waals surface area contributed by atoms with E-state index in [4.69, 9.17) is 0 Å². The molecule has 0 unspecified atom stereocenters. The molecular formula is C15H23N5O2. The van der Waals surface area contributed by atoms with Crippen LogP contribution in [0.3, 0.4) is 0 Å². The summed E-state index contributed by atoms with van der Waals surface area (Å²) in [4.78, 5) is 27.1. The molecule has 2 heterocycles. The Morgan fingerprint density at radius 2 is 1.95 bits per heavy atom. The molecule has 7 heteroatoms. The Kier molecular flexibility index (Phi) is 4.04. The molecule has 1 aliphatic heterocycles. The van der Waals surface area contributed by atoms with E-state index < -0.39 is 0 Å². The summed E-state index contributed by atoms with van der Waals surface area (Å²) in [5.74, 6) is -0.160. The van der Waals surface area contributed by atoms with E-state index in [0.717, 1.165) is 5.69 Å². The molecule has 120 valence electrons. The molecule has 2 fully saturated rings. The van der Waals surface area contributed by atoms with Gasteiger partial charge in [0.25, 0.3) is 0 Å². The van der Waals surface area contributed by atoms with E-state index in [1.807, 2.05) is 10.9 Å². The number of amides is 3. The van der Waals surface area contributed by atoms with Gasteiger partial charge in [-0.15, -0.1) is 0 Å². The Balaban J connectivity index is 1.50. The maximum Gasteiger partial charge on any atom is 0.319 e. The Labute approximate surface area is 130 Å². The fourth-order valence-corrected chi connectivity index (χ4v) is 3.10. The molecule has 1 N–H and O–H groups in total. The Morgan fingerprint density at radius 1 is 1.27 bits per heavy atom. The molecule has 3 amide bonds. The quantitative estimate of drug-likeness (QED) is 0.921. The first kappa shape index (κ1) is 14.9. The molecule has 3 rings (SSSR count). The molecule has 7 nitrogen and oxygen atoms in total. The van der Waals surface area contributed by atoms with Gasteiger partial charge in [0.15, 0.2) is 0 Å². The van der Waals surface area contributed by atoms with Crippen molar-refractivity contribution in [3.63, 3.8) is 0 Å². The zero-order chi connectivity index (χ0) is 15.7. The van der Waals surface area contributed by atoms with E-state index in [1.54, 1.807) is 25.2 Å². The average molecular weight is 305 g/mol. The lowest BCUT2D eigenvalue weighted by molar-refractivity contribution is -0.123. The lowest BCUT2D eigenvalue weighted by Crippen LogP contribution is -2.56. The lowest BCUT2D eigenvalue weighted by atomic mass is 10.00. The van der Waals surface area contributed by atoms with E-state index in [1.165, 1.54) is 30.6 Å². The second-order valence-corrected chi connectivity index (χ2v) is 6.42. The van der Waals surface area contributed by atoms with Crippen molar-refractivity contribution in [1.29, 1.82) is 0 Å². The predicted octanol–water partition coefficient (Wildman–Crippen LogP) is 1.55. The SMILES string of the molecule is CN(C)C(=O)N1CC(C(=O)Nc2cnn(C3CCCC3)c2)C1. The van der Waals surface area contributed by atoms with Crippen LogP contribution in [0.15, 0.2) is 12.4 Å². The van der Waals surface area contributed by atoms with Crippen molar-refractivity contribution in [3.05, 3.63) is 12.4 Å². The zero-order valence-electron chi connectivity index (χ0n) is 13.2. The summed E-state index contributed by atoms with van der Waals surface area (Å²) < 4.78 is 1.96. The molecule has 1 aromatic rings. The monoisotopic (exact) mass is 305 g/mol. The molecule has 1 aromatic heterocycles. The minimum atomic E-state index is -0.126. The van der Waals surface area contributed by atoms with Crippen LogP contribution in [0.5, 0.6) is 0 Å². The number of urea groups is 1. The van der Waals surface area contributed by atoms with Gasteiger partial charge in [-0.3, -0.25) is 9.48 Å². The van der Waals surface area contributed by atoms with Crippen molar-refractivity contribution in [2.45, 2.75) is 31.7 Å². The third kappa shape index (κ3) is 2.93. The van der Waals surface area contributed by atoms with Crippen LogP contribution >= 0.6 is 0 Å². The summed E-state index contributed by atoms with van der Waals surface area (Å²) in [5.41, 5.74) is 0.745. The summed E-state index contributed by atoms with van der Waals surface area (Å²) in [5, 5.41) is 7.25. The smallest absolute Gasteiger partial charge is 0.319 e. The third-order valence-electron chi connectivity index (χ3n) is 4.47. The number of nitrogens with zero attached hydrogens (tertiary/aromatic N) is 4. The van der Waals surface area contributed by atoms with Crippen molar-refractivity contribution < 1.29 is 9.59 Å². The number of anilines is 1. The number of carbonyl (C=O) groups is 2. The Hall–Kier alpha value is -2.05. The van der Waals surface area contributed by atoms with Crippen molar-refractivity contribution in [3.8, 4) is 0 Å². The molecule has 1 saturated carbocycles. The predicted molar refractivity (Wildman–Crippen MR) is 82.5 cm³/mol. The normalized spacial score (nSPS) is 19.1. The summed E-state index contributed by atoms with van der Waals surface area (Å²) in [6.07, 6.45) is 8.46. The van der Waals surface area contributed by atoms with Gasteiger partial charge in [0.05, 0.1) is 23.8 Å². The van der Waals surface area contributed by atoms with Crippen LogP contribution in [0.4, 0.5) is 10.5 Å². The molecule has 1 aliphatic carbocycles. The minimum absolute atomic E-state index is 0.0335. The molecule has 0 radical (unpaired) electrons. The number of carbonyl (C=O) groups excluding carboxylic acids is 2. The molecule has 0 bridgehead atoms. The zero-order valence-corrected chi connectivity index (χ0v) is 13.2. The second-order valence-electron chi connectivity index (χ2n) is 6.42. The number of nitrogens with one attached hydrogen (secondary N) is 1. The summed E-state index contributed by atoms with van der Waals surface area (Å²) >= 11 is 0. The highest BCUT2D eigenvalue weighted by molar-refractivity contribution is 5.94. The van der Waals surface area contributed by atoms with Crippen LogP contribution in [0.2, 0.25) is 0 Å². The highest BCUT2D eigenvalue weighted by Crippen LogP contribution is 2.29. The number of likely N-dealkylation sites (tertiary alicyclic amines) is 1. The Bertz CT molecular complexity index is 556. The first-order valence-corrected chi connectivity index (χ1v) is 7.86. The van der Waals surface area contributed by atoms with Crippen molar-refractivity contribution in [2.75, 3.05) is 32.5 Å². The van der Waals surface area contributed by atoms with E-state index in [0.29, 0.717) is 19.1 Å². The van der Waals surface area contributed by atoms with Crippen molar-refractivity contribution in [1.82, 2.24) is 19.6 Å². The van der Waals surface area contributed by atoms with Crippen LogP contribution in [0, 0.1) is 5.92 Å². The van der Waals surface area contributed by atoms with Gasteiger partial charge >= 0.3 is 6.03 Å². The number of aromatic nitrogens is 2. The molecule has 1 saturated heterocycles. The molecule has 0 spiro atoms. The van der Waals surface area contributed by atoms with Crippen LogP contribution in [-0.4, -0.2) is 58.7 Å². The maximum atomic E-state index is 12.2. The molecular weight excluding hydrogens is 282 g/mol. The summed E-state index contributed by atoms with van der Waals surface area (Å²) in [7, 11) is 3.43. The van der Waals surface area contributed by atoms with Crippen LogP contribution in [0.1, 0.15) is 31.7 Å². The number of rotatable bonds is 3. The van der Waals surface area contributed by atoms with Crippen LogP contribution in [-0.2, 0) is 4.79 Å². The fraction of sp³-hybridized carbons (Fsp3) is 0.667. The lowest BCUT2D eigenvalue weighted by Gasteiger charge is -2.39. The fourth-order valence-electron chi connectivity index (χ4n) is 3.10. The van der Waals surface area contributed by atoms with Crippen molar-refractivity contribution in [2.24, 2.45) is 5.92 Å². The maximum absolute atomic E-state index is 12.2. The second kappa shape index (κ2) is 5.98. The molecule has 0 aromatic carbocycles. The van der Waals surface area contributed by atoms with Gasteiger partial charge in [0.1, 0.15) is 0 Å². The number of hydrogen-bond acceptors (Lipinski definition) is 3. The van der Waals surface area contributed by atoms with Gasteiger partial charge in [-0.25, -0.2) is 4.79 Å². The van der Waals surface area contributed by atoms with Gasteiger partial charge in [-0.2, -0.15) is 5.10 Å². The van der Waals surface area contributed by atoms with Gasteiger partial charge in [-0.05, 0) is 12.8 Å². The largest absolute Gasteiger partial charge is 0.331 e. The molecule has 2 aliphatic rings. The highest BCUT2D eigenvalue weighted by atomic mass is 16.2. The topological polar surface area (TPSA) is 70.5 Å². The van der Waals surface area contributed by atoms with Gasteiger partial charge < -0.3 is 15.1 Å². The summed E-state index contributed by atoms with van der Waals surface area (Å²) in [6.45, 7) is 0.971.